The molecule has 0 spiro atoms. The molecule has 0 radical (unpaired) electrons. The molecule has 0 unspecified atom stereocenters. The second kappa shape index (κ2) is 27.3. The Hall–Kier alpha value is -8.08. The van der Waals surface area contributed by atoms with Gasteiger partial charge in [-0.15, -0.1) is 0 Å². The number of methoxy groups -OCH3 is 2. The largest absolute Gasteiger partial charge is 0.508 e. The lowest BCUT2D eigenvalue weighted by Crippen LogP contribution is -2.36. The van der Waals surface area contributed by atoms with Crippen molar-refractivity contribution in [3.8, 4) is 23.0 Å². The second-order valence-corrected chi connectivity index (χ2v) is 19.9. The fourth-order valence-electron chi connectivity index (χ4n) is 10.4. The third-order valence-corrected chi connectivity index (χ3v) is 14.6. The summed E-state index contributed by atoms with van der Waals surface area (Å²) >= 11 is 0. The van der Waals surface area contributed by atoms with Crippen molar-refractivity contribution in [3.05, 3.63) is 191 Å². The number of phenols is 2. The van der Waals surface area contributed by atoms with Crippen LogP contribution in [-0.2, 0) is 48.4 Å². The molecule has 8 aromatic rings. The number of aromatic nitrogens is 4. The molecule has 0 bridgehead atoms. The van der Waals surface area contributed by atoms with E-state index >= 15 is 0 Å². The van der Waals surface area contributed by atoms with Crippen LogP contribution in [0.2, 0.25) is 0 Å². The van der Waals surface area contributed by atoms with Crippen molar-refractivity contribution >= 4 is 34.0 Å². The van der Waals surface area contributed by atoms with Gasteiger partial charge in [0.15, 0.2) is 0 Å². The fourth-order valence-corrected chi connectivity index (χ4v) is 10.4. The zero-order valence-electron chi connectivity index (χ0n) is 44.2. The number of carbonyl (C=O) groups is 2. The predicted molar refractivity (Wildman–Crippen MR) is 297 cm³/mol. The number of carboxylic acids is 2. The Labute approximate surface area is 453 Å². The topological polar surface area (TPSA) is 176 Å². The number of carboxylic acid groups (broad SMARTS) is 2. The van der Waals surface area contributed by atoms with Gasteiger partial charge in [0.05, 0.1) is 36.3 Å². The quantitative estimate of drug-likeness (QED) is 0.0600. The minimum Gasteiger partial charge on any atom is -0.508 e. The number of piperidine rings is 2. The molecule has 2 saturated heterocycles. The molecule has 10 rings (SSSR count). The number of hydrogen-bond donors (Lipinski definition) is 4. The van der Waals surface area contributed by atoms with Gasteiger partial charge in [-0.3, -0.25) is 0 Å². The third-order valence-electron chi connectivity index (χ3n) is 14.6. The summed E-state index contributed by atoms with van der Waals surface area (Å²) < 4.78 is 42.3. The van der Waals surface area contributed by atoms with E-state index in [9.17, 15) is 28.6 Å². The molecule has 0 aliphatic carbocycles. The molecule has 0 atom stereocenters. The van der Waals surface area contributed by atoms with E-state index in [0.29, 0.717) is 37.1 Å². The maximum absolute atomic E-state index is 13.4. The standard InChI is InChI=1S/2C29H32FN3O2.C4H4O4/c2*1-35-28-5-3-2-4-23(28)14-17-32-15-12-21(13-16-32)18-29-31-26-19-25(34)10-11-27(26)33(29)20-22-6-8-24(30)9-7-22;5-3(6)1-2-4(7)8/h2*2-11,19,21,34H,12-18,20H2,1H3;1-2H,(H,5,6)(H,7,8). The molecular formula is C62H68F2N6O8. The summed E-state index contributed by atoms with van der Waals surface area (Å²) in [5.41, 5.74) is 8.18. The van der Waals surface area contributed by atoms with Gasteiger partial charge < -0.3 is 48.8 Å². The van der Waals surface area contributed by atoms with Crippen LogP contribution < -0.4 is 9.47 Å². The number of aliphatic carboxylic acids is 2. The van der Waals surface area contributed by atoms with E-state index in [1.54, 1.807) is 38.5 Å². The molecule has 4 heterocycles. The van der Waals surface area contributed by atoms with E-state index in [2.05, 4.69) is 43.2 Å². The van der Waals surface area contributed by atoms with Gasteiger partial charge in [0.2, 0.25) is 0 Å². The molecule has 2 aromatic heterocycles. The number of nitrogens with zero attached hydrogens (tertiary/aromatic N) is 6. The molecule has 14 nitrogen and oxygen atoms in total. The van der Waals surface area contributed by atoms with E-state index in [-0.39, 0.29) is 23.1 Å². The van der Waals surface area contributed by atoms with Crippen LogP contribution in [0.1, 0.15) is 59.6 Å². The molecule has 2 aliphatic rings. The van der Waals surface area contributed by atoms with Crippen LogP contribution in [0.4, 0.5) is 8.78 Å². The van der Waals surface area contributed by atoms with Gasteiger partial charge in [-0.2, -0.15) is 0 Å². The smallest absolute Gasteiger partial charge is 0.328 e. The molecule has 4 N–H and O–H groups in total. The highest BCUT2D eigenvalue weighted by Crippen LogP contribution is 2.30. The predicted octanol–water partition coefficient (Wildman–Crippen LogP) is 10.6. The minimum absolute atomic E-state index is 0.221. The maximum Gasteiger partial charge on any atom is 0.328 e. The zero-order valence-corrected chi connectivity index (χ0v) is 44.2. The molecule has 2 aliphatic heterocycles. The number of ether oxygens (including phenoxy) is 2. The molecule has 0 amide bonds. The van der Waals surface area contributed by atoms with Crippen molar-refractivity contribution in [3.63, 3.8) is 0 Å². The Balaban J connectivity index is 0.000000181. The molecule has 6 aromatic carbocycles. The summed E-state index contributed by atoms with van der Waals surface area (Å²) in [7, 11) is 3.46. The fraction of sp³-hybridized carbons (Fsp3) is 0.323. The molecule has 78 heavy (non-hydrogen) atoms. The van der Waals surface area contributed by atoms with Crippen molar-refractivity contribution in [2.75, 3.05) is 53.5 Å². The van der Waals surface area contributed by atoms with Gasteiger partial charge >= 0.3 is 11.9 Å². The lowest BCUT2D eigenvalue weighted by molar-refractivity contribution is -0.134. The van der Waals surface area contributed by atoms with Crippen LogP contribution in [0.25, 0.3) is 22.1 Å². The Bertz CT molecular complexity index is 3050. The molecule has 408 valence electrons. The molecule has 16 heteroatoms. The van der Waals surface area contributed by atoms with Gasteiger partial charge in [0.25, 0.3) is 0 Å². The van der Waals surface area contributed by atoms with Crippen molar-refractivity contribution in [1.29, 1.82) is 0 Å². The van der Waals surface area contributed by atoms with E-state index in [1.807, 2.05) is 60.7 Å². The van der Waals surface area contributed by atoms with Gasteiger partial charge in [-0.1, -0.05) is 60.7 Å². The van der Waals surface area contributed by atoms with Crippen LogP contribution in [0, 0.1) is 23.5 Å². The van der Waals surface area contributed by atoms with Crippen molar-refractivity contribution in [2.24, 2.45) is 11.8 Å². The van der Waals surface area contributed by atoms with Gasteiger partial charge in [-0.05, 0) is 159 Å². The third kappa shape index (κ3) is 15.8. The second-order valence-electron chi connectivity index (χ2n) is 19.9. The summed E-state index contributed by atoms with van der Waals surface area (Å²) in [6.45, 7) is 7.67. The Morgan fingerprint density at radius 3 is 1.28 bits per heavy atom. The van der Waals surface area contributed by atoms with E-state index in [0.717, 1.165) is 147 Å². The van der Waals surface area contributed by atoms with Gasteiger partial charge in [0.1, 0.15) is 46.3 Å². The number of benzene rings is 6. The average Bonchev–Trinajstić information content (AvgIpc) is 4.06. The lowest BCUT2D eigenvalue weighted by Gasteiger charge is -2.32. The Morgan fingerprint density at radius 1 is 0.551 bits per heavy atom. The van der Waals surface area contributed by atoms with Crippen molar-refractivity contribution in [2.45, 2.75) is 64.5 Å². The summed E-state index contributed by atoms with van der Waals surface area (Å²) in [5.74, 6) is 2.59. The van der Waals surface area contributed by atoms with Crippen LogP contribution in [-0.4, -0.2) is 115 Å². The first-order valence-electron chi connectivity index (χ1n) is 26.5. The lowest BCUT2D eigenvalue weighted by atomic mass is 9.93. The van der Waals surface area contributed by atoms with Crippen molar-refractivity contribution < 1.29 is 48.3 Å². The normalized spacial score (nSPS) is 14.5. The minimum atomic E-state index is -1.26. The van der Waals surface area contributed by atoms with Crippen molar-refractivity contribution in [1.82, 2.24) is 28.9 Å². The van der Waals surface area contributed by atoms with Crippen LogP contribution >= 0.6 is 0 Å². The first-order valence-corrected chi connectivity index (χ1v) is 26.5. The molecule has 2 fully saturated rings. The number of halogens is 2. The number of phenolic OH excluding ortho intramolecular Hbond substituents is 2. The van der Waals surface area contributed by atoms with E-state index < -0.39 is 11.9 Å². The average molecular weight is 1060 g/mol. The maximum atomic E-state index is 13.4. The van der Waals surface area contributed by atoms with Crippen LogP contribution in [0.15, 0.2) is 146 Å². The summed E-state index contributed by atoms with van der Waals surface area (Å²) in [4.78, 5) is 34.0. The Morgan fingerprint density at radius 2 is 0.923 bits per heavy atom. The number of likely N-dealkylation sites (tertiary alicyclic amines) is 2. The summed E-state index contributed by atoms with van der Waals surface area (Å²) in [6, 6.07) is 40.5. The summed E-state index contributed by atoms with van der Waals surface area (Å²) in [6.07, 6.45) is 9.44. The van der Waals surface area contributed by atoms with Crippen LogP contribution in [0.5, 0.6) is 23.0 Å². The first kappa shape index (κ1) is 56.1. The Kier molecular flexibility index (Phi) is 19.6. The highest BCUT2D eigenvalue weighted by Gasteiger charge is 2.25. The SMILES string of the molecule is COc1ccccc1CCN1CCC(Cc2nc3cc(O)ccc3n2Cc2ccc(F)cc2)CC1.COc1ccccc1CCN1CCC(Cc2nc3cc(O)ccc3n2Cc2ccc(F)cc2)CC1.O=C(O)C=CC(=O)O. The highest BCUT2D eigenvalue weighted by molar-refractivity contribution is 5.89. The number of imidazole rings is 2. The molecule has 0 saturated carbocycles. The monoisotopic (exact) mass is 1060 g/mol. The summed E-state index contributed by atoms with van der Waals surface area (Å²) in [5, 5.41) is 35.5. The van der Waals surface area contributed by atoms with Gasteiger partial charge in [-0.25, -0.2) is 28.3 Å². The van der Waals surface area contributed by atoms with Crippen LogP contribution in [0.3, 0.4) is 0 Å². The number of hydrogen-bond acceptors (Lipinski definition) is 10. The van der Waals surface area contributed by atoms with E-state index in [4.69, 9.17) is 29.7 Å². The van der Waals surface area contributed by atoms with E-state index in [1.165, 1.54) is 35.4 Å². The van der Waals surface area contributed by atoms with Gasteiger partial charge in [0, 0.05) is 63.3 Å². The zero-order chi connectivity index (χ0) is 55.0. The number of aromatic hydroxyl groups is 2. The number of rotatable bonds is 18. The number of fused-ring (bicyclic) bond motifs is 2. The number of para-hydroxylation sites is 2. The molecular weight excluding hydrogens is 995 g/mol. The highest BCUT2D eigenvalue weighted by atomic mass is 19.1. The first-order chi connectivity index (χ1) is 37.8.